The molecule has 1 N–H and O–H groups in total. The van der Waals surface area contributed by atoms with Crippen LogP contribution < -0.4 is 14.5 Å². The van der Waals surface area contributed by atoms with E-state index < -0.39 is 10.0 Å². The summed E-state index contributed by atoms with van der Waals surface area (Å²) >= 11 is 0. The minimum Gasteiger partial charge on any atom is -0.378 e. The number of sulfonamides is 1. The van der Waals surface area contributed by atoms with Crippen molar-refractivity contribution in [3.63, 3.8) is 0 Å². The Balaban J connectivity index is 1.93. The molecule has 0 amide bonds. The summed E-state index contributed by atoms with van der Waals surface area (Å²) in [7, 11) is 0.776. The highest BCUT2D eigenvalue weighted by Crippen LogP contribution is 2.35. The zero-order valence-electron chi connectivity index (χ0n) is 14.9. The monoisotopic (exact) mass is 359 g/mol. The Morgan fingerprint density at radius 1 is 1.12 bits per heavy atom. The van der Waals surface area contributed by atoms with Crippen LogP contribution in [0.4, 0.5) is 11.4 Å². The van der Waals surface area contributed by atoms with Crippen LogP contribution >= 0.6 is 0 Å². The molecular formula is C19H25N3O2S. The normalized spacial score (nSPS) is 15.1. The molecule has 0 saturated carbocycles. The Morgan fingerprint density at radius 2 is 1.80 bits per heavy atom. The molecule has 6 heteroatoms. The summed E-state index contributed by atoms with van der Waals surface area (Å²) in [6.07, 6.45) is 2.19. The van der Waals surface area contributed by atoms with Crippen molar-refractivity contribution in [3.8, 4) is 0 Å². The quantitative estimate of drug-likeness (QED) is 0.861. The van der Waals surface area contributed by atoms with Gasteiger partial charge in [-0.2, -0.15) is 0 Å². The van der Waals surface area contributed by atoms with Gasteiger partial charge in [0.1, 0.15) is 0 Å². The lowest BCUT2D eigenvalue weighted by Crippen LogP contribution is -2.37. The first-order valence-corrected chi connectivity index (χ1v) is 10.3. The molecule has 5 nitrogen and oxygen atoms in total. The molecule has 0 spiro atoms. The fourth-order valence-electron chi connectivity index (χ4n) is 3.32. The Kier molecular flexibility index (Phi) is 5.01. The highest BCUT2D eigenvalue weighted by atomic mass is 32.2. The Hall–Kier alpha value is -2.05. The van der Waals surface area contributed by atoms with Gasteiger partial charge in [0, 0.05) is 38.6 Å². The third-order valence-electron chi connectivity index (χ3n) is 4.63. The van der Waals surface area contributed by atoms with Crippen molar-refractivity contribution in [2.75, 3.05) is 43.2 Å². The first-order chi connectivity index (χ1) is 11.8. The fourth-order valence-corrected chi connectivity index (χ4v) is 3.78. The van der Waals surface area contributed by atoms with E-state index in [9.17, 15) is 8.42 Å². The highest BCUT2D eigenvalue weighted by molar-refractivity contribution is 7.88. The lowest BCUT2D eigenvalue weighted by atomic mass is 10.0. The minimum absolute atomic E-state index is 0.0328. The molecule has 134 valence electrons. The van der Waals surface area contributed by atoms with Crippen LogP contribution in [0, 0.1) is 0 Å². The van der Waals surface area contributed by atoms with Crippen molar-refractivity contribution in [2.45, 2.75) is 12.5 Å². The van der Waals surface area contributed by atoms with Gasteiger partial charge >= 0.3 is 0 Å². The fraction of sp³-hybridized carbons (Fsp3) is 0.368. The molecule has 0 bridgehead atoms. The van der Waals surface area contributed by atoms with Crippen molar-refractivity contribution in [2.24, 2.45) is 0 Å². The van der Waals surface area contributed by atoms with Gasteiger partial charge in [-0.05, 0) is 35.7 Å². The minimum atomic E-state index is -3.24. The SMILES string of the molecule is CN(C)c1ccc(C(CNS(C)(=O)=O)N2CCc3ccccc32)cc1. The summed E-state index contributed by atoms with van der Waals surface area (Å²) in [4.78, 5) is 4.36. The highest BCUT2D eigenvalue weighted by Gasteiger charge is 2.27. The van der Waals surface area contributed by atoms with Crippen molar-refractivity contribution >= 4 is 21.4 Å². The van der Waals surface area contributed by atoms with Crippen LogP contribution in [-0.2, 0) is 16.4 Å². The molecule has 2 aromatic carbocycles. The second kappa shape index (κ2) is 7.06. The number of rotatable bonds is 6. The topological polar surface area (TPSA) is 52.7 Å². The molecule has 1 unspecified atom stereocenters. The van der Waals surface area contributed by atoms with Crippen molar-refractivity contribution < 1.29 is 8.42 Å². The van der Waals surface area contributed by atoms with E-state index in [2.05, 4.69) is 57.0 Å². The van der Waals surface area contributed by atoms with Crippen LogP contribution in [0.1, 0.15) is 17.2 Å². The number of fused-ring (bicyclic) bond motifs is 1. The van der Waals surface area contributed by atoms with E-state index in [0.29, 0.717) is 6.54 Å². The van der Waals surface area contributed by atoms with Gasteiger partial charge in [-0.25, -0.2) is 13.1 Å². The van der Waals surface area contributed by atoms with Crippen molar-refractivity contribution in [1.29, 1.82) is 0 Å². The standard InChI is InChI=1S/C19H25N3O2S/c1-21(2)17-10-8-16(9-11-17)19(14-20-25(3,23)24)22-13-12-15-6-4-5-7-18(15)22/h4-11,19-20H,12-14H2,1-3H3. The number of nitrogens with zero attached hydrogens (tertiary/aromatic N) is 2. The smallest absolute Gasteiger partial charge is 0.208 e. The number of nitrogens with one attached hydrogen (secondary N) is 1. The van der Waals surface area contributed by atoms with Gasteiger partial charge in [-0.3, -0.25) is 0 Å². The predicted molar refractivity (Wildman–Crippen MR) is 104 cm³/mol. The van der Waals surface area contributed by atoms with E-state index >= 15 is 0 Å². The number of para-hydroxylation sites is 1. The summed E-state index contributed by atoms with van der Waals surface area (Å²) in [5.41, 5.74) is 4.75. The second-order valence-electron chi connectivity index (χ2n) is 6.69. The molecule has 0 saturated heterocycles. The lowest BCUT2D eigenvalue weighted by molar-refractivity contribution is 0.568. The average Bonchev–Trinajstić information content (AvgIpc) is 2.99. The third-order valence-corrected chi connectivity index (χ3v) is 5.32. The molecule has 1 heterocycles. The largest absolute Gasteiger partial charge is 0.378 e. The van der Waals surface area contributed by atoms with E-state index in [4.69, 9.17) is 0 Å². The number of hydrogen-bond donors (Lipinski definition) is 1. The molecule has 3 rings (SSSR count). The molecule has 1 aliphatic rings. The average molecular weight is 359 g/mol. The first-order valence-electron chi connectivity index (χ1n) is 8.41. The summed E-state index contributed by atoms with van der Waals surface area (Å²) < 4.78 is 26.0. The molecule has 0 fully saturated rings. The Labute approximate surface area is 150 Å². The second-order valence-corrected chi connectivity index (χ2v) is 8.53. The maximum absolute atomic E-state index is 11.6. The zero-order valence-corrected chi connectivity index (χ0v) is 15.8. The van der Waals surface area contributed by atoms with E-state index in [0.717, 1.165) is 24.2 Å². The summed E-state index contributed by atoms with van der Waals surface area (Å²) in [5, 5.41) is 0. The maximum atomic E-state index is 11.6. The molecule has 0 aromatic heterocycles. The van der Waals surface area contributed by atoms with E-state index in [-0.39, 0.29) is 6.04 Å². The van der Waals surface area contributed by atoms with E-state index in [1.54, 1.807) is 0 Å². The van der Waals surface area contributed by atoms with Crippen LogP contribution in [0.2, 0.25) is 0 Å². The van der Waals surface area contributed by atoms with Crippen molar-refractivity contribution in [1.82, 2.24) is 4.72 Å². The summed E-state index contributed by atoms with van der Waals surface area (Å²) in [6, 6.07) is 16.6. The molecule has 1 atom stereocenters. The first kappa shape index (κ1) is 17.8. The van der Waals surface area contributed by atoms with Crippen LogP contribution in [0.15, 0.2) is 48.5 Å². The van der Waals surface area contributed by atoms with Gasteiger partial charge in [0.15, 0.2) is 0 Å². The lowest BCUT2D eigenvalue weighted by Gasteiger charge is -2.31. The third kappa shape index (κ3) is 4.14. The van der Waals surface area contributed by atoms with Crippen LogP contribution in [0.3, 0.4) is 0 Å². The van der Waals surface area contributed by atoms with Crippen molar-refractivity contribution in [3.05, 3.63) is 59.7 Å². The number of benzene rings is 2. The van der Waals surface area contributed by atoms with Crippen LogP contribution in [-0.4, -0.2) is 41.9 Å². The van der Waals surface area contributed by atoms with Crippen LogP contribution in [0.5, 0.6) is 0 Å². The molecule has 25 heavy (non-hydrogen) atoms. The number of anilines is 2. The van der Waals surface area contributed by atoms with E-state index in [1.165, 1.54) is 17.5 Å². The van der Waals surface area contributed by atoms with E-state index in [1.807, 2.05) is 20.2 Å². The Bertz CT molecular complexity index is 832. The number of hydrogen-bond acceptors (Lipinski definition) is 4. The molecule has 1 aliphatic heterocycles. The molecular weight excluding hydrogens is 334 g/mol. The van der Waals surface area contributed by atoms with Gasteiger partial charge in [-0.1, -0.05) is 30.3 Å². The van der Waals surface area contributed by atoms with Gasteiger partial charge < -0.3 is 9.80 Å². The van der Waals surface area contributed by atoms with Crippen LogP contribution in [0.25, 0.3) is 0 Å². The molecule has 0 aliphatic carbocycles. The Morgan fingerprint density at radius 3 is 2.44 bits per heavy atom. The maximum Gasteiger partial charge on any atom is 0.208 e. The predicted octanol–water partition coefficient (Wildman–Crippen LogP) is 2.41. The van der Waals surface area contributed by atoms with Gasteiger partial charge in [0.2, 0.25) is 10.0 Å². The zero-order chi connectivity index (χ0) is 18.0. The summed E-state index contributed by atoms with van der Waals surface area (Å²) in [6.45, 7) is 1.25. The molecule has 0 radical (unpaired) electrons. The van der Waals surface area contributed by atoms with Gasteiger partial charge in [0.25, 0.3) is 0 Å². The molecule has 2 aromatic rings. The van der Waals surface area contributed by atoms with Gasteiger partial charge in [-0.15, -0.1) is 0 Å². The van der Waals surface area contributed by atoms with Gasteiger partial charge in [0.05, 0.1) is 12.3 Å². The summed E-state index contributed by atoms with van der Waals surface area (Å²) in [5.74, 6) is 0.